The molecule has 210 valence electrons. The van der Waals surface area contributed by atoms with Crippen LogP contribution in [-0.2, 0) is 18.4 Å². The molecule has 41 heavy (non-hydrogen) atoms. The van der Waals surface area contributed by atoms with Crippen molar-refractivity contribution in [3.63, 3.8) is 0 Å². The number of hydrogen-bond acceptors (Lipinski definition) is 4. The van der Waals surface area contributed by atoms with Crippen LogP contribution in [0.5, 0.6) is 0 Å². The molecule has 0 radical (unpaired) electrons. The van der Waals surface area contributed by atoms with Gasteiger partial charge >= 0.3 is 0 Å². The molecule has 4 nitrogen and oxygen atoms in total. The van der Waals surface area contributed by atoms with Gasteiger partial charge in [0.2, 0.25) is 0 Å². The predicted octanol–water partition coefficient (Wildman–Crippen LogP) is 7.89. The van der Waals surface area contributed by atoms with Crippen LogP contribution in [0.1, 0.15) is 81.2 Å². The van der Waals surface area contributed by atoms with E-state index in [1.807, 2.05) is 31.3 Å². The molecule has 0 saturated heterocycles. The van der Waals surface area contributed by atoms with Crippen molar-refractivity contribution >= 4 is 11.9 Å². The van der Waals surface area contributed by atoms with E-state index in [2.05, 4.69) is 72.5 Å². The number of allylic oxidation sites excluding steroid dienone is 3. The fourth-order valence-electron chi connectivity index (χ4n) is 7.48. The maximum Gasteiger partial charge on any atom is 0.145 e. The molecule has 1 fully saturated rings. The highest BCUT2D eigenvalue weighted by Gasteiger charge is 2.56. The number of benzene rings is 1. The summed E-state index contributed by atoms with van der Waals surface area (Å²) in [5.41, 5.74) is 11.2. The minimum atomic E-state index is -0.812. The van der Waals surface area contributed by atoms with Crippen LogP contribution >= 0.6 is 0 Å². The lowest BCUT2D eigenvalue weighted by atomic mass is 9.58. The number of fused-ring (bicyclic) bond motifs is 2. The van der Waals surface area contributed by atoms with E-state index in [0.29, 0.717) is 0 Å². The maximum atomic E-state index is 11.8. The van der Waals surface area contributed by atoms with Crippen molar-refractivity contribution < 1.29 is 5.11 Å². The molecule has 1 unspecified atom stereocenters. The molecule has 2 N–H and O–H groups in total. The lowest BCUT2D eigenvalue weighted by Gasteiger charge is -2.49. The van der Waals surface area contributed by atoms with Crippen molar-refractivity contribution in [2.24, 2.45) is 15.8 Å². The van der Waals surface area contributed by atoms with Crippen LogP contribution < -0.4 is 5.32 Å². The first-order chi connectivity index (χ1) is 19.8. The highest BCUT2D eigenvalue weighted by Crippen LogP contribution is 2.61. The first-order valence-corrected chi connectivity index (χ1v) is 15.1. The van der Waals surface area contributed by atoms with Crippen molar-refractivity contribution in [1.29, 1.82) is 0 Å². The molecule has 1 aromatic carbocycles. The van der Waals surface area contributed by atoms with Crippen molar-refractivity contribution in [3.8, 4) is 0 Å². The Morgan fingerprint density at radius 1 is 1.05 bits per heavy atom. The molecule has 0 amide bonds. The van der Waals surface area contributed by atoms with E-state index < -0.39 is 5.60 Å². The summed E-state index contributed by atoms with van der Waals surface area (Å²) < 4.78 is 0. The average Bonchev–Trinajstić information content (AvgIpc) is 3.07. The van der Waals surface area contributed by atoms with E-state index >= 15 is 0 Å². The second kappa shape index (κ2) is 10.6. The number of aliphatic imine (C=N–C) groups is 1. The minimum Gasteiger partial charge on any atom is -0.385 e. The smallest absolute Gasteiger partial charge is 0.145 e. The summed E-state index contributed by atoms with van der Waals surface area (Å²) in [5, 5.41) is 15.1. The van der Waals surface area contributed by atoms with E-state index in [1.165, 1.54) is 16.7 Å². The molecule has 3 aliphatic carbocycles. The zero-order chi connectivity index (χ0) is 28.7. The first kappa shape index (κ1) is 27.4. The Kier molecular flexibility index (Phi) is 7.09. The molecule has 6 rings (SSSR count). The lowest BCUT2D eigenvalue weighted by Crippen LogP contribution is -2.45. The van der Waals surface area contributed by atoms with Gasteiger partial charge in [-0.15, -0.1) is 5.73 Å². The summed E-state index contributed by atoms with van der Waals surface area (Å²) in [5.74, 6) is 0.737. The number of pyridine rings is 1. The summed E-state index contributed by atoms with van der Waals surface area (Å²) in [7, 11) is 0. The second-order valence-electron chi connectivity index (χ2n) is 12.7. The first-order valence-electron chi connectivity index (χ1n) is 15.1. The number of nitrogens with zero attached hydrogens (tertiary/aromatic N) is 2. The van der Waals surface area contributed by atoms with Gasteiger partial charge in [-0.2, -0.15) is 0 Å². The Morgan fingerprint density at radius 2 is 1.83 bits per heavy atom. The zero-order valence-corrected chi connectivity index (χ0v) is 24.5. The standard InChI is InChI=1S/C37H41N3O/c1-5-38-34-30(26(2)27-12-7-9-17-32-28(24-27)14-11-23-39-32)15-10-18-33(40-34)35(3)19-21-37(22-20-35)25-29-13-6-8-16-31(29)36(37,4)41/h5-6,8,10-11,13-14,16,18,23-24,41H,1-2,7,9,12,17,19-22,25H2,3-4H3,(H,38,40)/b27-24-/t35-,36?,37-. The van der Waals surface area contributed by atoms with Crippen LogP contribution in [-0.4, -0.2) is 15.9 Å². The molecule has 4 heteroatoms. The number of aliphatic hydroxyl groups is 1. The summed E-state index contributed by atoms with van der Waals surface area (Å²) in [6.45, 7) is 12.8. The molecule has 2 aromatic rings. The number of hydrogen-bond donors (Lipinski definition) is 2. The molecule has 2 heterocycles. The Morgan fingerprint density at radius 3 is 2.61 bits per heavy atom. The summed E-state index contributed by atoms with van der Waals surface area (Å²) >= 11 is 0. The molecule has 1 spiro atoms. The fraction of sp³-hybridized carbons (Fsp3) is 0.378. The number of aryl methyl sites for hydroxylation is 1. The highest BCUT2D eigenvalue weighted by molar-refractivity contribution is 6.04. The van der Waals surface area contributed by atoms with Crippen molar-refractivity contribution in [3.05, 3.63) is 125 Å². The van der Waals surface area contributed by atoms with Gasteiger partial charge in [-0.3, -0.25) is 4.98 Å². The zero-order valence-electron chi connectivity index (χ0n) is 24.5. The van der Waals surface area contributed by atoms with E-state index in [9.17, 15) is 5.11 Å². The molecule has 1 saturated carbocycles. The largest absolute Gasteiger partial charge is 0.385 e. The average molecular weight is 544 g/mol. The van der Waals surface area contributed by atoms with E-state index in [1.54, 1.807) is 6.20 Å². The van der Waals surface area contributed by atoms with Crippen molar-refractivity contribution in [1.82, 2.24) is 10.3 Å². The van der Waals surface area contributed by atoms with Gasteiger partial charge < -0.3 is 10.4 Å². The monoisotopic (exact) mass is 543 g/mol. The Balaban J connectivity index is 1.26. The quantitative estimate of drug-likeness (QED) is 0.386. The van der Waals surface area contributed by atoms with E-state index in [4.69, 9.17) is 4.99 Å². The van der Waals surface area contributed by atoms with Crippen LogP contribution in [0.25, 0.3) is 6.08 Å². The lowest BCUT2D eigenvalue weighted by molar-refractivity contribution is -0.0953. The summed E-state index contributed by atoms with van der Waals surface area (Å²) in [6.07, 6.45) is 18.9. The molecule has 1 aliphatic heterocycles. The third-order valence-electron chi connectivity index (χ3n) is 10.3. The summed E-state index contributed by atoms with van der Waals surface area (Å²) in [6, 6.07) is 12.6. The van der Waals surface area contributed by atoms with Gasteiger partial charge in [0.1, 0.15) is 5.84 Å². The molecular formula is C37H41N3O. The van der Waals surface area contributed by atoms with Gasteiger partial charge in [0.15, 0.2) is 0 Å². The van der Waals surface area contributed by atoms with Gasteiger partial charge in [-0.05, 0) is 123 Å². The van der Waals surface area contributed by atoms with E-state index in [0.717, 1.165) is 91.7 Å². The molecular weight excluding hydrogens is 502 g/mol. The topological polar surface area (TPSA) is 57.5 Å². The molecule has 0 bridgehead atoms. The Labute approximate surface area is 244 Å². The normalized spacial score (nSPS) is 30.3. The number of rotatable bonds is 4. The molecule has 4 aliphatic rings. The van der Waals surface area contributed by atoms with Crippen molar-refractivity contribution in [2.75, 3.05) is 0 Å². The van der Waals surface area contributed by atoms with Crippen molar-refractivity contribution in [2.45, 2.75) is 77.2 Å². The van der Waals surface area contributed by atoms with Gasteiger partial charge in [0.25, 0.3) is 0 Å². The third kappa shape index (κ3) is 4.80. The van der Waals surface area contributed by atoms with Gasteiger partial charge in [-0.1, -0.05) is 50.4 Å². The van der Waals surface area contributed by atoms with Gasteiger partial charge in [-0.25, -0.2) is 4.99 Å². The number of amidine groups is 1. The second-order valence-corrected chi connectivity index (χ2v) is 12.7. The van der Waals surface area contributed by atoms with Crippen LogP contribution in [0.15, 0.2) is 107 Å². The van der Waals surface area contributed by atoms with Crippen LogP contribution in [0.2, 0.25) is 0 Å². The Bertz CT molecular complexity index is 1550. The molecule has 1 atom stereocenters. The van der Waals surface area contributed by atoms with Crippen LogP contribution in [0.3, 0.4) is 0 Å². The van der Waals surface area contributed by atoms with Gasteiger partial charge in [0.05, 0.1) is 11.2 Å². The van der Waals surface area contributed by atoms with Gasteiger partial charge in [0, 0.05) is 28.4 Å². The fourth-order valence-corrected chi connectivity index (χ4v) is 7.48. The van der Waals surface area contributed by atoms with Crippen LogP contribution in [0.4, 0.5) is 0 Å². The predicted molar refractivity (Wildman–Crippen MR) is 168 cm³/mol. The highest BCUT2D eigenvalue weighted by atomic mass is 16.3. The third-order valence-corrected chi connectivity index (χ3v) is 10.3. The maximum absolute atomic E-state index is 11.8. The Hall–Kier alpha value is -3.72. The molecule has 1 aromatic heterocycles. The number of aromatic nitrogens is 1. The minimum absolute atomic E-state index is 0.108. The van der Waals surface area contributed by atoms with E-state index in [-0.39, 0.29) is 10.8 Å². The summed E-state index contributed by atoms with van der Waals surface area (Å²) in [4.78, 5) is 9.86. The SMILES string of the molecule is C=CNC1=NC([C@]2(C)CC[C@@]3(CC2)Cc2ccccc2C3(C)O)=CC=C=C1C(=C)/C1=C\c2cccnc2CCCC1. The number of nitrogens with one attached hydrogen (secondary N) is 1. The van der Waals surface area contributed by atoms with Crippen LogP contribution in [0, 0.1) is 10.8 Å².